The molecule has 3 aromatic rings. The number of aromatic hydroxyl groups is 1. The average Bonchev–Trinajstić information content (AvgIpc) is 2.73. The smallest absolute Gasteiger partial charge is 0.115 e. The molecule has 1 aliphatic heterocycles. The van der Waals surface area contributed by atoms with Crippen LogP contribution in [0.3, 0.4) is 0 Å². The van der Waals surface area contributed by atoms with Crippen LogP contribution in [0.25, 0.3) is 10.9 Å². The molecule has 2 aromatic carbocycles. The number of halogens is 1. The zero-order valence-corrected chi connectivity index (χ0v) is 19.6. The van der Waals surface area contributed by atoms with Crippen LogP contribution >= 0.6 is 12.4 Å². The van der Waals surface area contributed by atoms with Gasteiger partial charge in [-0.2, -0.15) is 0 Å². The topological polar surface area (TPSA) is 59.8 Å². The molecule has 0 unspecified atom stereocenters. The van der Waals surface area contributed by atoms with Crippen LogP contribution in [0.4, 0.5) is 5.69 Å². The van der Waals surface area contributed by atoms with Crippen LogP contribution in [0, 0.1) is 0 Å². The zero-order valence-electron chi connectivity index (χ0n) is 18.8. The summed E-state index contributed by atoms with van der Waals surface area (Å²) in [5.74, 6) is 0.278. The largest absolute Gasteiger partial charge is 0.508 e. The molecule has 168 valence electrons. The average molecular weight is 452 g/mol. The number of piperidine rings is 1. The first-order valence-electron chi connectivity index (χ1n) is 11.2. The third-order valence-corrected chi connectivity index (χ3v) is 8.24. The highest BCUT2D eigenvalue weighted by atomic mass is 35.5. The lowest BCUT2D eigenvalue weighted by Gasteiger charge is -2.63. The Kier molecular flexibility index (Phi) is 4.76. The highest BCUT2D eigenvalue weighted by Gasteiger charge is 2.64. The number of nitrogens with zero attached hydrogens (tertiary/aromatic N) is 3. The van der Waals surface area contributed by atoms with E-state index in [0.717, 1.165) is 52.8 Å². The summed E-state index contributed by atoms with van der Waals surface area (Å²) in [7, 11) is 6.22. The summed E-state index contributed by atoms with van der Waals surface area (Å²) in [6, 6.07) is 14.4. The summed E-state index contributed by atoms with van der Waals surface area (Å²) in [6.07, 6.45) is 2.99. The van der Waals surface area contributed by atoms with Crippen molar-refractivity contribution < 1.29 is 10.2 Å². The fourth-order valence-electron chi connectivity index (χ4n) is 6.54. The molecule has 1 aromatic heterocycles. The summed E-state index contributed by atoms with van der Waals surface area (Å²) in [5.41, 5.74) is 5.48. The maximum Gasteiger partial charge on any atom is 0.115 e. The number of phenols is 1. The van der Waals surface area contributed by atoms with Gasteiger partial charge in [-0.05, 0) is 73.5 Å². The van der Waals surface area contributed by atoms with Gasteiger partial charge in [0, 0.05) is 55.2 Å². The standard InChI is InChI=1S/C26H29N3O2.ClH/c1-28(2)19-6-4-17-10-18-14-26(31)24-11-16-5-7-20(30)13-21(16)25(26,8-9-29(24)3)15-23(18)27-22(17)12-19;/h4-7,10,12-13,24,30-31H,8-9,11,14-15H2,1-3H3;1H/t24-,25-,26-;/m1./s1. The molecule has 2 aliphatic carbocycles. The number of fused-ring (bicyclic) bond motifs is 3. The van der Waals surface area contributed by atoms with Gasteiger partial charge in [0.1, 0.15) is 5.75 Å². The molecule has 3 atom stereocenters. The first-order chi connectivity index (χ1) is 14.8. The van der Waals surface area contributed by atoms with Gasteiger partial charge < -0.3 is 20.0 Å². The van der Waals surface area contributed by atoms with Crippen molar-refractivity contribution in [2.24, 2.45) is 0 Å². The minimum Gasteiger partial charge on any atom is -0.508 e. The van der Waals surface area contributed by atoms with Crippen molar-refractivity contribution in [3.05, 3.63) is 64.8 Å². The number of anilines is 1. The molecule has 1 fully saturated rings. The third kappa shape index (κ3) is 2.74. The van der Waals surface area contributed by atoms with E-state index in [-0.39, 0.29) is 24.2 Å². The second-order valence-corrected chi connectivity index (χ2v) is 10.0. The van der Waals surface area contributed by atoms with Gasteiger partial charge in [0.25, 0.3) is 0 Å². The fraction of sp³-hybridized carbons (Fsp3) is 0.423. The number of benzene rings is 2. The molecule has 0 saturated carbocycles. The quantitative estimate of drug-likeness (QED) is 0.593. The van der Waals surface area contributed by atoms with Gasteiger partial charge in [-0.15, -0.1) is 12.4 Å². The van der Waals surface area contributed by atoms with Gasteiger partial charge in [-0.25, -0.2) is 0 Å². The van der Waals surface area contributed by atoms with Crippen molar-refractivity contribution in [2.45, 2.75) is 42.7 Å². The van der Waals surface area contributed by atoms with Crippen molar-refractivity contribution in [3.8, 4) is 5.75 Å². The Morgan fingerprint density at radius 2 is 1.88 bits per heavy atom. The molecule has 0 radical (unpaired) electrons. The monoisotopic (exact) mass is 451 g/mol. The Balaban J connectivity index is 0.00000216. The van der Waals surface area contributed by atoms with Gasteiger partial charge in [0.15, 0.2) is 0 Å². The maximum atomic E-state index is 12.3. The summed E-state index contributed by atoms with van der Waals surface area (Å²) in [6.45, 7) is 0.940. The second-order valence-electron chi connectivity index (χ2n) is 10.0. The van der Waals surface area contributed by atoms with E-state index in [1.54, 1.807) is 6.07 Å². The van der Waals surface area contributed by atoms with Gasteiger partial charge in [-0.1, -0.05) is 12.1 Å². The summed E-state index contributed by atoms with van der Waals surface area (Å²) < 4.78 is 0. The predicted octanol–water partition coefficient (Wildman–Crippen LogP) is 3.46. The van der Waals surface area contributed by atoms with Crippen LogP contribution in [0.1, 0.15) is 28.8 Å². The lowest BCUT2D eigenvalue weighted by Crippen LogP contribution is -2.73. The minimum atomic E-state index is -0.868. The highest BCUT2D eigenvalue weighted by Crippen LogP contribution is 2.57. The molecule has 6 rings (SSSR count). The van der Waals surface area contributed by atoms with Gasteiger partial charge in [0.2, 0.25) is 0 Å². The van der Waals surface area contributed by atoms with Crippen LogP contribution in [0.5, 0.6) is 5.75 Å². The van der Waals surface area contributed by atoms with E-state index in [4.69, 9.17) is 4.98 Å². The van der Waals surface area contributed by atoms with E-state index >= 15 is 0 Å². The Morgan fingerprint density at radius 1 is 1.06 bits per heavy atom. The van der Waals surface area contributed by atoms with E-state index in [1.807, 2.05) is 26.2 Å². The van der Waals surface area contributed by atoms with E-state index in [2.05, 4.69) is 41.1 Å². The lowest BCUT2D eigenvalue weighted by atomic mass is 9.49. The molecule has 2 bridgehead atoms. The number of hydrogen-bond donors (Lipinski definition) is 2. The molecular weight excluding hydrogens is 422 g/mol. The minimum absolute atomic E-state index is 0. The number of pyridine rings is 1. The van der Waals surface area contributed by atoms with Gasteiger partial charge >= 0.3 is 0 Å². The molecule has 6 heteroatoms. The summed E-state index contributed by atoms with van der Waals surface area (Å²) in [5, 5.41) is 23.8. The van der Waals surface area contributed by atoms with Crippen LogP contribution in [-0.2, 0) is 24.7 Å². The number of likely N-dealkylation sites (N-methyl/N-ethyl adjacent to an activating group) is 1. The molecule has 5 nitrogen and oxygen atoms in total. The van der Waals surface area contributed by atoms with Gasteiger partial charge in [0.05, 0.1) is 11.1 Å². The number of likely N-dealkylation sites (tertiary alicyclic amines) is 1. The molecule has 2 N–H and O–H groups in total. The van der Waals surface area contributed by atoms with Crippen LogP contribution in [-0.4, -0.2) is 59.4 Å². The maximum absolute atomic E-state index is 12.3. The highest BCUT2D eigenvalue weighted by molar-refractivity contribution is 5.85. The molecular formula is C26H30ClN3O2. The Bertz CT molecular complexity index is 1230. The number of phenolic OH excluding ortho intramolecular Hbond substituents is 1. The molecule has 1 saturated heterocycles. The van der Waals surface area contributed by atoms with Crippen molar-refractivity contribution in [1.29, 1.82) is 0 Å². The summed E-state index contributed by atoms with van der Waals surface area (Å²) >= 11 is 0. The second kappa shape index (κ2) is 7.08. The Hall–Kier alpha value is -2.34. The number of rotatable bonds is 1. The Labute approximate surface area is 195 Å². The molecule has 3 aliphatic rings. The third-order valence-electron chi connectivity index (χ3n) is 8.24. The van der Waals surface area contributed by atoms with Crippen molar-refractivity contribution >= 4 is 29.0 Å². The lowest BCUT2D eigenvalue weighted by molar-refractivity contribution is -0.145. The molecule has 0 amide bonds. The van der Waals surface area contributed by atoms with Crippen LogP contribution in [0.2, 0.25) is 0 Å². The normalized spacial score (nSPS) is 28.3. The van der Waals surface area contributed by atoms with Crippen molar-refractivity contribution in [2.75, 3.05) is 32.6 Å². The Morgan fingerprint density at radius 3 is 2.66 bits per heavy atom. The van der Waals surface area contributed by atoms with Crippen LogP contribution in [0.15, 0.2) is 42.5 Å². The molecule has 2 heterocycles. The first-order valence-corrected chi connectivity index (χ1v) is 11.2. The summed E-state index contributed by atoms with van der Waals surface area (Å²) in [4.78, 5) is 9.55. The van der Waals surface area contributed by atoms with Crippen molar-refractivity contribution in [3.63, 3.8) is 0 Å². The fourth-order valence-corrected chi connectivity index (χ4v) is 6.54. The SMILES string of the molecule is CN(C)c1ccc2cc3c(nc2c1)C[C@]12CCN(C)[C@H](Cc4ccc(O)cc41)[C@]2(O)C3.Cl. The predicted molar refractivity (Wildman–Crippen MR) is 130 cm³/mol. The number of hydrogen-bond acceptors (Lipinski definition) is 5. The van der Waals surface area contributed by atoms with E-state index in [1.165, 1.54) is 5.56 Å². The molecule has 32 heavy (non-hydrogen) atoms. The van der Waals surface area contributed by atoms with Gasteiger partial charge in [-0.3, -0.25) is 4.98 Å². The van der Waals surface area contributed by atoms with Crippen LogP contribution < -0.4 is 4.90 Å². The van der Waals surface area contributed by atoms with E-state index < -0.39 is 11.0 Å². The molecule has 0 spiro atoms. The van der Waals surface area contributed by atoms with E-state index in [9.17, 15) is 10.2 Å². The first kappa shape index (κ1) is 21.5. The van der Waals surface area contributed by atoms with Crippen molar-refractivity contribution in [1.82, 2.24) is 9.88 Å². The number of aromatic nitrogens is 1. The number of aliphatic hydroxyl groups is 1. The van der Waals surface area contributed by atoms with E-state index in [0.29, 0.717) is 12.8 Å². The zero-order chi connectivity index (χ0) is 21.5.